The van der Waals surface area contributed by atoms with Crippen LogP contribution in [-0.4, -0.2) is 27.7 Å². The van der Waals surface area contributed by atoms with E-state index in [1.165, 1.54) is 7.11 Å². The molecule has 0 spiro atoms. The van der Waals surface area contributed by atoms with Gasteiger partial charge in [0.25, 0.3) is 0 Å². The molecule has 0 fully saturated rings. The van der Waals surface area contributed by atoms with Gasteiger partial charge in [0.2, 0.25) is 0 Å². The number of imidazole rings is 1. The Hall–Kier alpha value is -1.59. The van der Waals surface area contributed by atoms with E-state index in [2.05, 4.69) is 9.82 Å². The van der Waals surface area contributed by atoms with Crippen LogP contribution in [0.3, 0.4) is 0 Å². The number of hydrogen-bond acceptors (Lipinski definition) is 4. The highest BCUT2D eigenvalue weighted by Gasteiger charge is 2.30. The number of ether oxygens (including phenoxy) is 1. The van der Waals surface area contributed by atoms with Gasteiger partial charge in [0.1, 0.15) is 19.4 Å². The normalized spacial score (nSPS) is 19.4. The Morgan fingerprint density at radius 2 is 2.62 bits per heavy atom. The molecule has 0 saturated heterocycles. The summed E-state index contributed by atoms with van der Waals surface area (Å²) in [7, 11) is 1.29. The van der Waals surface area contributed by atoms with Crippen molar-refractivity contribution in [1.82, 2.24) is 9.55 Å². The number of rotatable bonds is 2. The molecule has 6 heteroatoms. The van der Waals surface area contributed by atoms with Crippen molar-refractivity contribution >= 4 is 5.82 Å². The monoisotopic (exact) mass is 184 g/mol. The second-order valence-corrected chi connectivity index (χ2v) is 2.90. The smallest absolute Gasteiger partial charge is 0.430 e. The van der Waals surface area contributed by atoms with Crippen molar-refractivity contribution in [1.29, 1.82) is 0 Å². The van der Waals surface area contributed by atoms with Gasteiger partial charge in [0.05, 0.1) is 6.54 Å². The largest absolute Gasteiger partial charge is 0.441 e. The highest BCUT2D eigenvalue weighted by atomic mass is 16.8. The average molecular weight is 184 g/mol. The van der Waals surface area contributed by atoms with E-state index in [0.717, 1.165) is 6.54 Å². The van der Waals surface area contributed by atoms with Crippen LogP contribution in [0.15, 0.2) is 6.20 Å². The van der Waals surface area contributed by atoms with Crippen molar-refractivity contribution in [2.24, 2.45) is 0 Å². The predicted octanol–water partition coefficient (Wildman–Crippen LogP) is 0.636. The summed E-state index contributed by atoms with van der Waals surface area (Å²) in [5.74, 6) is 0.212. The fourth-order valence-corrected chi connectivity index (χ4v) is 1.29. The zero-order valence-corrected chi connectivity index (χ0v) is 7.43. The summed E-state index contributed by atoms with van der Waals surface area (Å²) in [5, 5.41) is 0. The van der Waals surface area contributed by atoms with Crippen molar-refractivity contribution in [2.75, 3.05) is 7.11 Å². The molecule has 2 rings (SSSR count). The van der Waals surface area contributed by atoms with E-state index >= 15 is 0 Å². The summed E-state index contributed by atoms with van der Waals surface area (Å²) < 4.78 is 7.09. The van der Waals surface area contributed by atoms with Crippen molar-refractivity contribution in [3.63, 3.8) is 0 Å². The maximum atomic E-state index is 11.0. The van der Waals surface area contributed by atoms with Crippen molar-refractivity contribution in [3.05, 3.63) is 11.1 Å². The van der Waals surface area contributed by atoms with Crippen LogP contribution in [-0.2, 0) is 11.4 Å². The Bertz CT molecular complexity index is 323. The van der Waals surface area contributed by atoms with Gasteiger partial charge in [-0.1, -0.05) is 0 Å². The van der Waals surface area contributed by atoms with Gasteiger partial charge in [-0.25, -0.2) is 0 Å². The van der Waals surface area contributed by atoms with Gasteiger partial charge in [0, 0.05) is 4.98 Å². The number of aromatic nitrogens is 2. The van der Waals surface area contributed by atoms with Crippen LogP contribution in [0.5, 0.6) is 6.01 Å². The number of nitrogens with zero attached hydrogens (tertiary/aromatic N) is 3. The van der Waals surface area contributed by atoms with Crippen molar-refractivity contribution in [3.8, 4) is 6.01 Å². The molecule has 1 aliphatic heterocycles. The molecule has 1 unspecified atom stereocenters. The summed E-state index contributed by atoms with van der Waals surface area (Å²) in [6.07, 6.45) is 1.73. The molecular weight excluding hydrogens is 174 g/mol. The minimum absolute atomic E-state index is 0.124. The van der Waals surface area contributed by atoms with Crippen LogP contribution in [0.4, 0.5) is 5.82 Å². The van der Waals surface area contributed by atoms with Crippen LogP contribution < -0.4 is 4.74 Å². The Morgan fingerprint density at radius 3 is 3.23 bits per heavy atom. The first-order valence-electron chi connectivity index (χ1n) is 3.96. The Morgan fingerprint density at radius 1 is 1.85 bits per heavy atom. The Kier molecular flexibility index (Phi) is 1.68. The third kappa shape index (κ3) is 1.24. The Balaban J connectivity index is 2.26. The second-order valence-electron chi connectivity index (χ2n) is 2.90. The molecular formula is C7H10N3O3+. The van der Waals surface area contributed by atoms with E-state index in [1.54, 1.807) is 10.8 Å². The molecule has 0 saturated carbocycles. The fraction of sp³-hybridized carbons (Fsp3) is 0.571. The first-order chi connectivity index (χ1) is 6.20. The summed E-state index contributed by atoms with van der Waals surface area (Å²) in [6.45, 7) is 2.67. The van der Waals surface area contributed by atoms with Gasteiger partial charge in [-0.15, -0.1) is 0 Å². The molecule has 1 aromatic rings. The van der Waals surface area contributed by atoms with E-state index < -0.39 is 0 Å². The number of hydrogen-bond donors (Lipinski definition) is 0. The van der Waals surface area contributed by atoms with Crippen LogP contribution in [0.1, 0.15) is 6.92 Å². The van der Waals surface area contributed by atoms with E-state index in [-0.39, 0.29) is 11.9 Å². The topological polar surface area (TPSA) is 56.4 Å². The molecule has 0 radical (unpaired) electrons. The second kappa shape index (κ2) is 2.72. The van der Waals surface area contributed by atoms with Crippen LogP contribution in [0, 0.1) is 4.91 Å². The van der Waals surface area contributed by atoms with Crippen LogP contribution >= 0.6 is 0 Å². The quantitative estimate of drug-likeness (QED) is 0.633. The van der Waals surface area contributed by atoms with E-state index in [1.807, 2.05) is 6.92 Å². The lowest BCUT2D eigenvalue weighted by molar-refractivity contribution is -0.739. The van der Waals surface area contributed by atoms with E-state index in [9.17, 15) is 4.91 Å². The zero-order valence-electron chi connectivity index (χ0n) is 7.43. The Labute approximate surface area is 74.6 Å². The van der Waals surface area contributed by atoms with Crippen LogP contribution in [0.2, 0.25) is 0 Å². The SMILES string of the molecule is CO[N+](=O)c1cn2c(n1)OC(C)C2. The van der Waals surface area contributed by atoms with E-state index in [0.29, 0.717) is 10.9 Å². The first kappa shape index (κ1) is 8.03. The van der Waals surface area contributed by atoms with Gasteiger partial charge in [-0.2, -0.15) is 0 Å². The minimum atomic E-state index is 0.124. The summed E-state index contributed by atoms with van der Waals surface area (Å²) in [4.78, 5) is 19.7. The maximum absolute atomic E-state index is 11.0. The first-order valence-corrected chi connectivity index (χ1v) is 3.96. The molecule has 0 amide bonds. The summed E-state index contributed by atoms with van der Waals surface area (Å²) >= 11 is 0. The average Bonchev–Trinajstić information content (AvgIpc) is 2.59. The molecule has 1 atom stereocenters. The third-order valence-electron chi connectivity index (χ3n) is 1.84. The molecule has 0 aliphatic carbocycles. The summed E-state index contributed by atoms with van der Waals surface area (Å²) in [6, 6.07) is 0.473. The molecule has 1 aromatic heterocycles. The van der Waals surface area contributed by atoms with Gasteiger partial charge >= 0.3 is 11.8 Å². The fourth-order valence-electron chi connectivity index (χ4n) is 1.29. The molecule has 6 nitrogen and oxygen atoms in total. The molecule has 1 aliphatic rings. The van der Waals surface area contributed by atoms with Crippen molar-refractivity contribution < 1.29 is 14.5 Å². The number of fused-ring (bicyclic) bond motifs is 1. The third-order valence-corrected chi connectivity index (χ3v) is 1.84. The zero-order chi connectivity index (χ0) is 9.42. The van der Waals surface area contributed by atoms with Gasteiger partial charge in [-0.3, -0.25) is 4.57 Å². The lowest BCUT2D eigenvalue weighted by Gasteiger charge is -1.96. The lowest BCUT2D eigenvalue weighted by Crippen LogP contribution is -2.08. The predicted molar refractivity (Wildman–Crippen MR) is 42.6 cm³/mol. The molecule has 13 heavy (non-hydrogen) atoms. The van der Waals surface area contributed by atoms with Gasteiger partial charge in [-0.05, 0) is 11.8 Å². The maximum Gasteiger partial charge on any atom is 0.430 e. The highest BCUT2D eigenvalue weighted by Crippen LogP contribution is 2.24. The standard InChI is InChI=1S/C7H10N3O3/c1-5-3-9-4-6(10(11)12-2)8-7(9)13-5/h4-5H,3H2,1-2H3/q+1. The molecule has 0 aromatic carbocycles. The molecule has 70 valence electrons. The van der Waals surface area contributed by atoms with Gasteiger partial charge < -0.3 is 9.57 Å². The molecule has 0 N–H and O–H groups in total. The highest BCUT2D eigenvalue weighted by molar-refractivity contribution is 5.21. The molecule has 2 heterocycles. The molecule has 0 bridgehead atoms. The van der Waals surface area contributed by atoms with Gasteiger partial charge in [0.15, 0.2) is 4.92 Å². The minimum Gasteiger partial charge on any atom is -0.441 e. The lowest BCUT2D eigenvalue weighted by atomic mass is 10.4. The van der Waals surface area contributed by atoms with Crippen molar-refractivity contribution in [2.45, 2.75) is 19.6 Å². The van der Waals surface area contributed by atoms with Crippen LogP contribution in [0.25, 0.3) is 0 Å². The van der Waals surface area contributed by atoms with E-state index in [4.69, 9.17) is 4.74 Å². The summed E-state index contributed by atoms with van der Waals surface area (Å²) in [5.41, 5.74) is 0.